The first-order chi connectivity index (χ1) is 17.6. The molecule has 3 rings (SSSR count). The second-order valence-corrected chi connectivity index (χ2v) is 11.8. The minimum Gasteiger partial charge on any atom is -0.355 e. The number of amides is 2. The maximum absolute atomic E-state index is 13.9. The van der Waals surface area contributed by atoms with Gasteiger partial charge in [-0.15, -0.1) is 0 Å². The SMILES string of the molecule is CCNC(=O)C(Cc1ccccc1)N(Cc1ccc(Cl)cc1)C(=O)CN(c1ccc(Br)cc1)S(C)(=O)=O. The quantitative estimate of drug-likeness (QED) is 0.345. The molecule has 0 spiro atoms. The van der Waals surface area contributed by atoms with Crippen LogP contribution in [0.15, 0.2) is 83.3 Å². The van der Waals surface area contributed by atoms with E-state index >= 15 is 0 Å². The highest BCUT2D eigenvalue weighted by Gasteiger charge is 2.32. The standard InChI is InChI=1S/C27H29BrClN3O4S/c1-3-30-27(34)25(17-20-7-5-4-6-8-20)31(18-21-9-13-23(29)14-10-21)26(33)19-32(37(2,35)36)24-15-11-22(28)12-16-24/h4-16,25H,3,17-19H2,1-2H3,(H,30,34). The van der Waals surface area contributed by atoms with Crippen molar-refractivity contribution in [3.8, 4) is 0 Å². The average Bonchev–Trinajstić information content (AvgIpc) is 2.86. The number of hydrogen-bond donors (Lipinski definition) is 1. The number of benzene rings is 3. The Bertz CT molecular complexity index is 1300. The molecule has 196 valence electrons. The van der Waals surface area contributed by atoms with E-state index in [1.165, 1.54) is 4.90 Å². The van der Waals surface area contributed by atoms with Crippen molar-refractivity contribution in [2.75, 3.05) is 23.7 Å². The summed E-state index contributed by atoms with van der Waals surface area (Å²) in [4.78, 5) is 28.6. The molecule has 3 aromatic carbocycles. The van der Waals surface area contributed by atoms with E-state index in [4.69, 9.17) is 11.6 Å². The Balaban J connectivity index is 2.02. The number of likely N-dealkylation sites (N-methyl/N-ethyl adjacent to an activating group) is 1. The number of rotatable bonds is 11. The molecule has 0 fully saturated rings. The summed E-state index contributed by atoms with van der Waals surface area (Å²) >= 11 is 9.39. The number of carbonyl (C=O) groups excluding carboxylic acids is 2. The molecule has 2 amide bonds. The van der Waals surface area contributed by atoms with Gasteiger partial charge in [0.25, 0.3) is 0 Å². The number of sulfonamides is 1. The smallest absolute Gasteiger partial charge is 0.244 e. The van der Waals surface area contributed by atoms with E-state index < -0.39 is 28.5 Å². The zero-order valence-corrected chi connectivity index (χ0v) is 23.8. The van der Waals surface area contributed by atoms with Gasteiger partial charge in [-0.05, 0) is 54.4 Å². The van der Waals surface area contributed by atoms with Crippen LogP contribution in [0, 0.1) is 0 Å². The summed E-state index contributed by atoms with van der Waals surface area (Å²) in [5.41, 5.74) is 1.98. The molecule has 1 atom stereocenters. The number of hydrogen-bond acceptors (Lipinski definition) is 4. The van der Waals surface area contributed by atoms with E-state index in [0.717, 1.165) is 26.2 Å². The fourth-order valence-electron chi connectivity index (χ4n) is 3.85. The molecule has 0 saturated heterocycles. The molecular weight excluding hydrogens is 578 g/mol. The highest BCUT2D eigenvalue weighted by Crippen LogP contribution is 2.22. The number of carbonyl (C=O) groups is 2. The van der Waals surface area contributed by atoms with Crippen molar-refractivity contribution in [2.45, 2.75) is 25.9 Å². The van der Waals surface area contributed by atoms with Crippen molar-refractivity contribution in [2.24, 2.45) is 0 Å². The van der Waals surface area contributed by atoms with Gasteiger partial charge in [0.1, 0.15) is 12.6 Å². The van der Waals surface area contributed by atoms with Crippen molar-refractivity contribution >= 4 is 55.1 Å². The molecule has 0 bridgehead atoms. The Morgan fingerprint density at radius 2 is 1.57 bits per heavy atom. The topological polar surface area (TPSA) is 86.8 Å². The van der Waals surface area contributed by atoms with Crippen LogP contribution in [0.2, 0.25) is 5.02 Å². The summed E-state index contributed by atoms with van der Waals surface area (Å²) in [7, 11) is -3.80. The van der Waals surface area contributed by atoms with Gasteiger partial charge in [-0.2, -0.15) is 0 Å². The van der Waals surface area contributed by atoms with Crippen LogP contribution in [0.5, 0.6) is 0 Å². The van der Waals surface area contributed by atoms with E-state index in [2.05, 4.69) is 21.2 Å². The van der Waals surface area contributed by atoms with Gasteiger partial charge in [-0.25, -0.2) is 8.42 Å². The third-order valence-electron chi connectivity index (χ3n) is 5.68. The van der Waals surface area contributed by atoms with E-state index in [0.29, 0.717) is 17.3 Å². The number of nitrogens with one attached hydrogen (secondary N) is 1. The Kier molecular flexibility index (Phi) is 10.1. The van der Waals surface area contributed by atoms with Crippen molar-refractivity contribution in [3.63, 3.8) is 0 Å². The van der Waals surface area contributed by atoms with Crippen LogP contribution in [0.3, 0.4) is 0 Å². The van der Waals surface area contributed by atoms with Gasteiger partial charge in [0.15, 0.2) is 0 Å². The average molecular weight is 607 g/mol. The molecule has 7 nitrogen and oxygen atoms in total. The third-order valence-corrected chi connectivity index (χ3v) is 7.60. The van der Waals surface area contributed by atoms with Gasteiger partial charge in [-0.1, -0.05) is 70.0 Å². The summed E-state index contributed by atoms with van der Waals surface area (Å²) in [6, 6.07) is 22.2. The van der Waals surface area contributed by atoms with Crippen LogP contribution in [0.4, 0.5) is 5.69 Å². The predicted octanol–water partition coefficient (Wildman–Crippen LogP) is 4.64. The largest absolute Gasteiger partial charge is 0.355 e. The van der Waals surface area contributed by atoms with Gasteiger partial charge in [0.2, 0.25) is 21.8 Å². The lowest BCUT2D eigenvalue weighted by Crippen LogP contribution is -2.53. The maximum atomic E-state index is 13.9. The van der Waals surface area contributed by atoms with Gasteiger partial charge in [0.05, 0.1) is 11.9 Å². The Hall–Kier alpha value is -2.88. The highest BCUT2D eigenvalue weighted by molar-refractivity contribution is 9.10. The molecule has 0 heterocycles. The van der Waals surface area contributed by atoms with Gasteiger partial charge >= 0.3 is 0 Å². The molecule has 0 saturated carbocycles. The molecule has 0 radical (unpaired) electrons. The monoisotopic (exact) mass is 605 g/mol. The normalized spacial score (nSPS) is 12.0. The molecule has 37 heavy (non-hydrogen) atoms. The molecule has 0 aliphatic heterocycles. The van der Waals surface area contributed by atoms with Gasteiger partial charge in [0, 0.05) is 29.0 Å². The number of anilines is 1. The first kappa shape index (κ1) is 28.7. The van der Waals surface area contributed by atoms with E-state index in [9.17, 15) is 18.0 Å². The fourth-order valence-corrected chi connectivity index (χ4v) is 5.09. The molecule has 0 aliphatic rings. The molecule has 1 N–H and O–H groups in total. The lowest BCUT2D eigenvalue weighted by molar-refractivity contribution is -0.140. The zero-order valence-electron chi connectivity index (χ0n) is 20.6. The van der Waals surface area contributed by atoms with Crippen LogP contribution >= 0.6 is 27.5 Å². The molecule has 10 heteroatoms. The summed E-state index contributed by atoms with van der Waals surface area (Å²) in [5, 5.41) is 3.37. The second-order valence-electron chi connectivity index (χ2n) is 8.49. The highest BCUT2D eigenvalue weighted by atomic mass is 79.9. The second kappa shape index (κ2) is 13.1. The Morgan fingerprint density at radius 3 is 2.14 bits per heavy atom. The predicted molar refractivity (Wildman–Crippen MR) is 151 cm³/mol. The molecular formula is C27H29BrClN3O4S. The molecule has 1 unspecified atom stereocenters. The van der Waals surface area contributed by atoms with Crippen molar-refractivity contribution in [3.05, 3.63) is 99.5 Å². The maximum Gasteiger partial charge on any atom is 0.244 e. The van der Waals surface area contributed by atoms with Crippen molar-refractivity contribution < 1.29 is 18.0 Å². The molecule has 3 aromatic rings. The summed E-state index contributed by atoms with van der Waals surface area (Å²) in [6.07, 6.45) is 1.32. The number of halogens is 2. The van der Waals surface area contributed by atoms with Crippen LogP contribution in [-0.4, -0.2) is 50.5 Å². The van der Waals surface area contributed by atoms with Crippen LogP contribution in [-0.2, 0) is 32.6 Å². The van der Waals surface area contributed by atoms with Gasteiger partial charge < -0.3 is 10.2 Å². The lowest BCUT2D eigenvalue weighted by atomic mass is 10.0. The van der Waals surface area contributed by atoms with Crippen molar-refractivity contribution in [1.29, 1.82) is 0 Å². The summed E-state index contributed by atoms with van der Waals surface area (Å²) < 4.78 is 27.3. The van der Waals surface area contributed by atoms with Crippen molar-refractivity contribution in [1.82, 2.24) is 10.2 Å². The number of nitrogens with zero attached hydrogens (tertiary/aromatic N) is 2. The van der Waals surface area contributed by atoms with E-state index in [1.807, 2.05) is 37.3 Å². The molecule has 0 aromatic heterocycles. The Labute approximate surface area is 231 Å². The van der Waals surface area contributed by atoms with E-state index in [1.54, 1.807) is 48.5 Å². The first-order valence-electron chi connectivity index (χ1n) is 11.7. The third kappa shape index (κ3) is 8.31. The fraction of sp³-hybridized carbons (Fsp3) is 0.259. The van der Waals surface area contributed by atoms with Gasteiger partial charge in [-0.3, -0.25) is 13.9 Å². The molecule has 0 aliphatic carbocycles. The van der Waals surface area contributed by atoms with E-state index in [-0.39, 0.29) is 18.9 Å². The van der Waals surface area contributed by atoms with Crippen LogP contribution in [0.25, 0.3) is 0 Å². The Morgan fingerprint density at radius 1 is 0.946 bits per heavy atom. The minimum absolute atomic E-state index is 0.0998. The zero-order chi connectivity index (χ0) is 27.0. The van der Waals surface area contributed by atoms with Crippen LogP contribution < -0.4 is 9.62 Å². The minimum atomic E-state index is -3.80. The first-order valence-corrected chi connectivity index (χ1v) is 14.7. The lowest BCUT2D eigenvalue weighted by Gasteiger charge is -2.33. The summed E-state index contributed by atoms with van der Waals surface area (Å²) in [6.45, 7) is 1.84. The summed E-state index contributed by atoms with van der Waals surface area (Å²) in [5.74, 6) is -0.821. The van der Waals surface area contributed by atoms with Crippen LogP contribution in [0.1, 0.15) is 18.1 Å².